The average molecular weight is 294 g/mol. The third kappa shape index (κ3) is 2.77. The van der Waals surface area contributed by atoms with Crippen LogP contribution in [0.3, 0.4) is 0 Å². The second-order valence-electron chi connectivity index (χ2n) is 4.18. The normalized spacial score (nSPS) is 10.6. The van der Waals surface area contributed by atoms with Crippen LogP contribution in [0.1, 0.15) is 16.8 Å². The maximum Gasteiger partial charge on any atom is 0.137 e. The van der Waals surface area contributed by atoms with Crippen molar-refractivity contribution in [3.8, 4) is 0 Å². The van der Waals surface area contributed by atoms with E-state index in [1.807, 2.05) is 0 Å². The highest BCUT2D eigenvalue weighted by Crippen LogP contribution is 2.32. The lowest BCUT2D eigenvalue weighted by Gasteiger charge is -2.11. The first-order valence-electron chi connectivity index (χ1n) is 5.71. The molecule has 7 heteroatoms. The maximum absolute atomic E-state index is 13.6. The van der Waals surface area contributed by atoms with Gasteiger partial charge in [0.25, 0.3) is 0 Å². The highest BCUT2D eigenvalue weighted by atomic mass is 32.2. The summed E-state index contributed by atoms with van der Waals surface area (Å²) >= 11 is 0.897. The van der Waals surface area contributed by atoms with Crippen LogP contribution in [0.25, 0.3) is 0 Å². The molecule has 0 saturated carbocycles. The minimum Gasteiger partial charge on any atom is -0.384 e. The van der Waals surface area contributed by atoms with Gasteiger partial charge in [0.15, 0.2) is 0 Å². The molecule has 0 unspecified atom stereocenters. The zero-order chi connectivity index (χ0) is 14.9. The van der Waals surface area contributed by atoms with Gasteiger partial charge in [0.05, 0.1) is 16.2 Å². The zero-order valence-corrected chi connectivity index (χ0v) is 11.7. The number of nitrogen functional groups attached to an aromatic ring is 1. The molecule has 0 spiro atoms. The van der Waals surface area contributed by atoms with Gasteiger partial charge in [0, 0.05) is 0 Å². The summed E-state index contributed by atoms with van der Waals surface area (Å²) in [6.45, 7) is 3.50. The van der Waals surface area contributed by atoms with Crippen molar-refractivity contribution in [2.45, 2.75) is 23.8 Å². The van der Waals surface area contributed by atoms with Crippen LogP contribution in [0.5, 0.6) is 0 Å². The lowest BCUT2D eigenvalue weighted by atomic mass is 10.1. The topological polar surface area (TPSA) is 75.7 Å². The number of hydrogen-bond acceptors (Lipinski definition) is 4. The van der Waals surface area contributed by atoms with Gasteiger partial charge in [-0.05, 0) is 37.6 Å². The molecule has 0 fully saturated rings. The van der Waals surface area contributed by atoms with Crippen molar-refractivity contribution in [2.75, 3.05) is 0 Å². The molecule has 0 radical (unpaired) electrons. The fraction of sp³-hybridized carbons (Fsp3) is 0.154. The predicted octanol–water partition coefficient (Wildman–Crippen LogP) is 2.81. The summed E-state index contributed by atoms with van der Waals surface area (Å²) in [5.74, 6) is -1.29. The van der Waals surface area contributed by atoms with Crippen LogP contribution in [0.4, 0.5) is 8.78 Å². The predicted molar refractivity (Wildman–Crippen MR) is 73.0 cm³/mol. The summed E-state index contributed by atoms with van der Waals surface area (Å²) in [6, 6.07) is 3.15. The molecule has 1 aromatic heterocycles. The minimum absolute atomic E-state index is 0.0741. The molecule has 2 rings (SSSR count). The number of aryl methyl sites for hydroxylation is 1. The molecule has 4 nitrogen and oxygen atoms in total. The van der Waals surface area contributed by atoms with Gasteiger partial charge >= 0.3 is 0 Å². The molecule has 1 heterocycles. The molecule has 2 aromatic rings. The van der Waals surface area contributed by atoms with E-state index >= 15 is 0 Å². The van der Waals surface area contributed by atoms with Crippen molar-refractivity contribution in [2.24, 2.45) is 5.73 Å². The van der Waals surface area contributed by atoms with Crippen molar-refractivity contribution in [1.82, 2.24) is 10.2 Å². The van der Waals surface area contributed by atoms with E-state index in [9.17, 15) is 8.78 Å². The highest BCUT2D eigenvalue weighted by molar-refractivity contribution is 7.99. The Hall–Kier alpha value is -2.02. The first-order chi connectivity index (χ1) is 9.40. The molecule has 3 N–H and O–H groups in total. The highest BCUT2D eigenvalue weighted by Gasteiger charge is 2.16. The van der Waals surface area contributed by atoms with Crippen LogP contribution >= 0.6 is 11.8 Å². The summed E-state index contributed by atoms with van der Waals surface area (Å²) in [6.07, 6.45) is 0. The molecular weight excluding hydrogens is 282 g/mol. The molecule has 0 atom stereocenters. The molecule has 0 aliphatic carbocycles. The Morgan fingerprint density at radius 2 is 1.95 bits per heavy atom. The van der Waals surface area contributed by atoms with Crippen LogP contribution in [-0.4, -0.2) is 16.0 Å². The second-order valence-corrected chi connectivity index (χ2v) is 5.21. The van der Waals surface area contributed by atoms with Crippen LogP contribution < -0.4 is 5.73 Å². The minimum atomic E-state index is -0.564. The lowest BCUT2D eigenvalue weighted by molar-refractivity contribution is 0.577. The molecule has 0 amide bonds. The molecule has 1 aromatic carbocycles. The van der Waals surface area contributed by atoms with Gasteiger partial charge in [-0.25, -0.2) is 8.78 Å². The quantitative estimate of drug-likeness (QED) is 0.674. The fourth-order valence-electron chi connectivity index (χ4n) is 1.63. The van der Waals surface area contributed by atoms with Crippen molar-refractivity contribution >= 4 is 17.6 Å². The monoisotopic (exact) mass is 294 g/mol. The molecule has 0 bridgehead atoms. The van der Waals surface area contributed by atoms with E-state index in [-0.39, 0.29) is 15.8 Å². The van der Waals surface area contributed by atoms with E-state index < -0.39 is 11.6 Å². The molecule has 0 aliphatic rings. The SMILES string of the molecule is Cc1nnc(Sc2cc(F)ccc2F)c(C(=N)N)c1C. The van der Waals surface area contributed by atoms with Gasteiger partial charge in [0.1, 0.15) is 22.5 Å². The first-order valence-corrected chi connectivity index (χ1v) is 6.53. The van der Waals surface area contributed by atoms with Crippen molar-refractivity contribution in [1.29, 1.82) is 5.41 Å². The summed E-state index contributed by atoms with van der Waals surface area (Å²) in [5, 5.41) is 15.7. The van der Waals surface area contributed by atoms with E-state index in [0.717, 1.165) is 30.0 Å². The number of aromatic nitrogens is 2. The van der Waals surface area contributed by atoms with Gasteiger partial charge < -0.3 is 5.73 Å². The van der Waals surface area contributed by atoms with Crippen LogP contribution in [0.15, 0.2) is 28.1 Å². The maximum atomic E-state index is 13.6. The Labute approximate surface area is 118 Å². The number of halogens is 2. The standard InChI is InChI=1S/C13H12F2N4S/c1-6-7(2)18-19-13(11(6)12(16)17)20-10-5-8(14)3-4-9(10)15/h3-5H,1-2H3,(H3,16,17). The Morgan fingerprint density at radius 1 is 1.25 bits per heavy atom. The lowest BCUT2D eigenvalue weighted by Crippen LogP contribution is -2.16. The Morgan fingerprint density at radius 3 is 2.60 bits per heavy atom. The van der Waals surface area contributed by atoms with Crippen LogP contribution in [0, 0.1) is 30.9 Å². The average Bonchev–Trinajstić information content (AvgIpc) is 2.38. The molecule has 0 aliphatic heterocycles. The molecular formula is C13H12F2N4S. The molecule has 20 heavy (non-hydrogen) atoms. The largest absolute Gasteiger partial charge is 0.384 e. The van der Waals surface area contributed by atoms with Crippen molar-refractivity contribution in [3.63, 3.8) is 0 Å². The van der Waals surface area contributed by atoms with Gasteiger partial charge in [-0.3, -0.25) is 5.41 Å². The molecule has 104 valence electrons. The fourth-order valence-corrected chi connectivity index (χ4v) is 2.63. The van der Waals surface area contributed by atoms with E-state index in [1.54, 1.807) is 13.8 Å². The number of amidine groups is 1. The first kappa shape index (κ1) is 14.4. The summed E-state index contributed by atoms with van der Waals surface area (Å²) in [7, 11) is 0. The summed E-state index contributed by atoms with van der Waals surface area (Å²) in [4.78, 5) is 0.0741. The third-order valence-electron chi connectivity index (χ3n) is 2.79. The second kappa shape index (κ2) is 5.54. The Kier molecular flexibility index (Phi) is 3.99. The number of nitrogens with one attached hydrogen (secondary N) is 1. The van der Waals surface area contributed by atoms with E-state index in [1.165, 1.54) is 0 Å². The number of nitrogens with two attached hydrogens (primary N) is 1. The van der Waals surface area contributed by atoms with Gasteiger partial charge in [0.2, 0.25) is 0 Å². The van der Waals surface area contributed by atoms with Crippen molar-refractivity contribution in [3.05, 3.63) is 46.7 Å². The Balaban J connectivity index is 2.51. The number of nitrogens with zero attached hydrogens (tertiary/aromatic N) is 2. The Bertz CT molecular complexity index is 688. The molecule has 0 saturated heterocycles. The van der Waals surface area contributed by atoms with Gasteiger partial charge in [-0.2, -0.15) is 5.10 Å². The van der Waals surface area contributed by atoms with Crippen LogP contribution in [-0.2, 0) is 0 Å². The summed E-state index contributed by atoms with van der Waals surface area (Å²) < 4.78 is 26.8. The zero-order valence-electron chi connectivity index (χ0n) is 10.9. The van der Waals surface area contributed by atoms with Crippen LogP contribution in [0.2, 0.25) is 0 Å². The summed E-state index contributed by atoms with van der Waals surface area (Å²) in [5.41, 5.74) is 7.27. The number of hydrogen-bond donors (Lipinski definition) is 2. The van der Waals surface area contributed by atoms with Crippen molar-refractivity contribution < 1.29 is 8.78 Å². The van der Waals surface area contributed by atoms with Gasteiger partial charge in [-0.1, -0.05) is 11.8 Å². The van der Waals surface area contributed by atoms with E-state index in [4.69, 9.17) is 11.1 Å². The smallest absolute Gasteiger partial charge is 0.137 e. The van der Waals surface area contributed by atoms with Gasteiger partial charge in [-0.15, -0.1) is 5.10 Å². The third-order valence-corrected chi connectivity index (χ3v) is 3.80. The number of benzene rings is 1. The number of rotatable bonds is 3. The van der Waals surface area contributed by atoms with E-state index in [0.29, 0.717) is 16.8 Å². The van der Waals surface area contributed by atoms with E-state index in [2.05, 4.69) is 10.2 Å².